The zero-order chi connectivity index (χ0) is 24.5. The minimum absolute atomic E-state index is 0.0814. The minimum Gasteiger partial charge on any atom is -0.390 e. The Morgan fingerprint density at radius 2 is 1.91 bits per heavy atom. The predicted octanol–water partition coefficient (Wildman–Crippen LogP) is 3.30. The van der Waals surface area contributed by atoms with Crippen LogP contribution in [0.5, 0.6) is 0 Å². The van der Waals surface area contributed by atoms with Gasteiger partial charge in [-0.15, -0.1) is 0 Å². The predicted molar refractivity (Wildman–Crippen MR) is 136 cm³/mol. The SMILES string of the molecule is CC(C)c1cnc(N2CCCN(C)C2)c2cnc(Nc3ccnc(N4CC[C@@H](O)[C@@H](F)C4)n3)cc12. The minimum atomic E-state index is -1.30. The van der Waals surface area contributed by atoms with Gasteiger partial charge in [0.25, 0.3) is 0 Å². The van der Waals surface area contributed by atoms with Gasteiger partial charge in [-0.25, -0.2) is 19.3 Å². The number of nitrogens with one attached hydrogen (secondary N) is 1. The highest BCUT2D eigenvalue weighted by Crippen LogP contribution is 2.33. The summed E-state index contributed by atoms with van der Waals surface area (Å²) in [6.07, 6.45) is 4.77. The monoisotopic (exact) mass is 480 g/mol. The van der Waals surface area contributed by atoms with Crippen LogP contribution in [0.4, 0.5) is 27.8 Å². The molecule has 2 fully saturated rings. The number of fused-ring (bicyclic) bond motifs is 1. The van der Waals surface area contributed by atoms with Crippen LogP contribution in [0.2, 0.25) is 0 Å². The maximum absolute atomic E-state index is 14.0. The Kier molecular flexibility index (Phi) is 6.66. The van der Waals surface area contributed by atoms with Crippen LogP contribution >= 0.6 is 0 Å². The molecule has 3 aromatic heterocycles. The number of aliphatic hydroxyl groups excluding tert-OH is 1. The van der Waals surface area contributed by atoms with E-state index in [1.54, 1.807) is 17.2 Å². The Bertz CT molecular complexity index is 1190. The summed E-state index contributed by atoms with van der Waals surface area (Å²) in [5.74, 6) is 2.98. The van der Waals surface area contributed by atoms with Gasteiger partial charge in [-0.05, 0) is 48.9 Å². The Hall–Kier alpha value is -3.11. The highest BCUT2D eigenvalue weighted by molar-refractivity contribution is 5.95. The van der Waals surface area contributed by atoms with Crippen molar-refractivity contribution in [3.63, 3.8) is 0 Å². The van der Waals surface area contributed by atoms with Crippen LogP contribution in [-0.4, -0.2) is 82.1 Å². The summed E-state index contributed by atoms with van der Waals surface area (Å²) in [5.41, 5.74) is 1.17. The molecule has 0 bridgehead atoms. The number of hydrogen-bond donors (Lipinski definition) is 2. The van der Waals surface area contributed by atoms with E-state index in [9.17, 15) is 9.50 Å². The average Bonchev–Trinajstić information content (AvgIpc) is 2.85. The summed E-state index contributed by atoms with van der Waals surface area (Å²) in [4.78, 5) is 24.8. The van der Waals surface area contributed by atoms with Crippen molar-refractivity contribution >= 4 is 34.2 Å². The molecule has 0 amide bonds. The molecule has 5 heterocycles. The zero-order valence-electron chi connectivity index (χ0n) is 20.5. The molecule has 3 aromatic rings. The van der Waals surface area contributed by atoms with Crippen molar-refractivity contribution in [2.45, 2.75) is 44.9 Å². The molecule has 2 aliphatic rings. The van der Waals surface area contributed by atoms with Gasteiger partial charge in [0.05, 0.1) is 19.3 Å². The van der Waals surface area contributed by atoms with E-state index in [2.05, 4.69) is 57.0 Å². The third-order valence-corrected chi connectivity index (χ3v) is 6.77. The highest BCUT2D eigenvalue weighted by Gasteiger charge is 2.29. The number of piperidine rings is 1. The van der Waals surface area contributed by atoms with Crippen molar-refractivity contribution in [3.05, 3.63) is 36.3 Å². The van der Waals surface area contributed by atoms with Gasteiger partial charge >= 0.3 is 0 Å². The first-order valence-corrected chi connectivity index (χ1v) is 12.3. The molecule has 0 spiro atoms. The summed E-state index contributed by atoms with van der Waals surface area (Å²) >= 11 is 0. The number of aromatic nitrogens is 4. The fourth-order valence-electron chi connectivity index (χ4n) is 4.84. The van der Waals surface area contributed by atoms with E-state index in [0.717, 1.165) is 42.8 Å². The van der Waals surface area contributed by atoms with Crippen LogP contribution in [0.25, 0.3) is 10.8 Å². The van der Waals surface area contributed by atoms with Crippen molar-refractivity contribution < 1.29 is 9.50 Å². The number of alkyl halides is 1. The largest absolute Gasteiger partial charge is 0.390 e. The number of halogens is 1. The van der Waals surface area contributed by atoms with Crippen molar-refractivity contribution in [2.24, 2.45) is 0 Å². The summed E-state index contributed by atoms with van der Waals surface area (Å²) in [6.45, 7) is 7.85. The van der Waals surface area contributed by atoms with Gasteiger partial charge in [-0.2, -0.15) is 4.98 Å². The van der Waals surface area contributed by atoms with Gasteiger partial charge in [0, 0.05) is 43.6 Å². The van der Waals surface area contributed by atoms with E-state index >= 15 is 0 Å². The first kappa shape index (κ1) is 23.6. The molecule has 0 aliphatic carbocycles. The maximum atomic E-state index is 14.0. The van der Waals surface area contributed by atoms with Crippen LogP contribution in [0.3, 0.4) is 0 Å². The van der Waals surface area contributed by atoms with E-state index < -0.39 is 12.3 Å². The molecule has 5 rings (SSSR count). The molecule has 2 N–H and O–H groups in total. The molecule has 0 radical (unpaired) electrons. The van der Waals surface area contributed by atoms with Gasteiger partial charge in [0.15, 0.2) is 0 Å². The lowest BCUT2D eigenvalue weighted by Gasteiger charge is -2.34. The first-order valence-electron chi connectivity index (χ1n) is 12.3. The molecule has 35 heavy (non-hydrogen) atoms. The van der Waals surface area contributed by atoms with Crippen LogP contribution in [0.1, 0.15) is 38.2 Å². The molecular weight excluding hydrogens is 447 g/mol. The zero-order valence-corrected chi connectivity index (χ0v) is 20.5. The van der Waals surface area contributed by atoms with Crippen molar-refractivity contribution in [2.75, 3.05) is 55.0 Å². The lowest BCUT2D eigenvalue weighted by Crippen LogP contribution is -2.45. The maximum Gasteiger partial charge on any atom is 0.227 e. The highest BCUT2D eigenvalue weighted by atomic mass is 19.1. The Labute approximate surface area is 205 Å². The third-order valence-electron chi connectivity index (χ3n) is 6.77. The number of aliphatic hydroxyl groups is 1. The van der Waals surface area contributed by atoms with Crippen molar-refractivity contribution in [1.82, 2.24) is 24.8 Å². The molecule has 0 saturated carbocycles. The van der Waals surface area contributed by atoms with E-state index in [0.29, 0.717) is 36.5 Å². The quantitative estimate of drug-likeness (QED) is 0.570. The lowest BCUT2D eigenvalue weighted by molar-refractivity contribution is 0.0612. The normalized spacial score (nSPS) is 21.7. The molecule has 2 saturated heterocycles. The standard InChI is InChI=1S/C25H33FN8O/c1-16(2)18-12-29-24(34-9-4-8-32(3)15-34)19-13-28-23(11-17(18)19)30-22-5-7-27-25(31-22)33-10-6-21(35)20(26)14-33/h5,7,11-13,16,20-21,35H,4,6,8-10,14-15H2,1-3H3,(H,27,28,30,31)/t20-,21+/m0/s1. The van der Waals surface area contributed by atoms with E-state index in [-0.39, 0.29) is 6.54 Å². The first-order chi connectivity index (χ1) is 16.9. The average molecular weight is 481 g/mol. The van der Waals surface area contributed by atoms with Gasteiger partial charge in [-0.1, -0.05) is 13.8 Å². The molecule has 2 atom stereocenters. The molecule has 0 aromatic carbocycles. The number of anilines is 4. The Morgan fingerprint density at radius 3 is 2.69 bits per heavy atom. The van der Waals surface area contributed by atoms with Crippen molar-refractivity contribution in [3.8, 4) is 0 Å². The fourth-order valence-corrected chi connectivity index (χ4v) is 4.84. The smallest absolute Gasteiger partial charge is 0.227 e. The molecule has 10 heteroatoms. The number of pyridine rings is 2. The molecule has 0 unspecified atom stereocenters. The Morgan fingerprint density at radius 1 is 1.06 bits per heavy atom. The van der Waals surface area contributed by atoms with Gasteiger partial charge < -0.3 is 20.2 Å². The second kappa shape index (κ2) is 9.87. The fraction of sp³-hybridized carbons (Fsp3) is 0.520. The second-order valence-electron chi connectivity index (χ2n) is 9.83. The van der Waals surface area contributed by atoms with E-state index in [1.807, 2.05) is 12.4 Å². The number of nitrogens with zero attached hydrogens (tertiary/aromatic N) is 7. The topological polar surface area (TPSA) is 93.5 Å². The van der Waals surface area contributed by atoms with Gasteiger partial charge in [-0.3, -0.25) is 4.90 Å². The summed E-state index contributed by atoms with van der Waals surface area (Å²) in [5, 5.41) is 15.1. The Balaban J connectivity index is 1.44. The molecule has 9 nitrogen and oxygen atoms in total. The summed E-state index contributed by atoms with van der Waals surface area (Å²) in [7, 11) is 2.13. The molecular formula is C25H33FN8O. The second-order valence-corrected chi connectivity index (χ2v) is 9.83. The summed E-state index contributed by atoms with van der Waals surface area (Å²) in [6, 6.07) is 3.83. The number of rotatable bonds is 5. The van der Waals surface area contributed by atoms with Gasteiger partial charge in [0.2, 0.25) is 5.95 Å². The van der Waals surface area contributed by atoms with E-state index in [1.165, 1.54) is 5.56 Å². The van der Waals surface area contributed by atoms with Crippen LogP contribution in [-0.2, 0) is 0 Å². The van der Waals surface area contributed by atoms with Crippen LogP contribution in [0, 0.1) is 0 Å². The lowest BCUT2D eigenvalue weighted by atomic mass is 9.99. The summed E-state index contributed by atoms with van der Waals surface area (Å²) < 4.78 is 14.0. The van der Waals surface area contributed by atoms with Crippen molar-refractivity contribution in [1.29, 1.82) is 0 Å². The van der Waals surface area contributed by atoms with Gasteiger partial charge in [0.1, 0.15) is 23.6 Å². The number of hydrogen-bond acceptors (Lipinski definition) is 9. The van der Waals surface area contributed by atoms with E-state index in [4.69, 9.17) is 4.98 Å². The molecule has 2 aliphatic heterocycles. The third kappa shape index (κ3) is 4.99. The molecule has 186 valence electrons. The van der Waals surface area contributed by atoms with Crippen LogP contribution < -0.4 is 15.1 Å². The van der Waals surface area contributed by atoms with Crippen LogP contribution in [0.15, 0.2) is 30.7 Å².